The second kappa shape index (κ2) is 8.03. The third-order valence-electron chi connectivity index (χ3n) is 5.02. The van der Waals surface area contributed by atoms with Crippen molar-refractivity contribution in [2.75, 3.05) is 6.61 Å². The van der Waals surface area contributed by atoms with Crippen molar-refractivity contribution in [1.29, 1.82) is 0 Å². The second-order valence-corrected chi connectivity index (χ2v) is 6.73. The normalized spacial score (nSPS) is 11.4. The van der Waals surface area contributed by atoms with Gasteiger partial charge in [-0.3, -0.25) is 4.79 Å². The van der Waals surface area contributed by atoms with Crippen LogP contribution in [0.25, 0.3) is 27.4 Å². The first-order valence-corrected chi connectivity index (χ1v) is 10.1. The minimum atomic E-state index is -1.86. The van der Waals surface area contributed by atoms with E-state index in [9.17, 15) is 22.8 Å². The third kappa shape index (κ3) is 3.02. The molecule has 32 heavy (non-hydrogen) atoms. The quantitative estimate of drug-likeness (QED) is 0.254. The number of hydrogen-bond acceptors (Lipinski definition) is 4. The van der Waals surface area contributed by atoms with Crippen molar-refractivity contribution >= 4 is 27.6 Å². The van der Waals surface area contributed by atoms with Crippen LogP contribution in [0.4, 0.5) is 13.2 Å². The average molecular weight is 441 g/mol. The SMILES string of the molecule is CC.CCOC(=O)c1cn2c3c(c(F)c(F)c(F)c3c1=O)Oc1cc3ccccc3cc1-2. The molecule has 5 rings (SSSR count). The zero-order chi connectivity index (χ0) is 23.2. The van der Waals surface area contributed by atoms with Gasteiger partial charge in [-0.1, -0.05) is 38.1 Å². The largest absolute Gasteiger partial charge is 0.462 e. The van der Waals surface area contributed by atoms with Gasteiger partial charge in [-0.15, -0.1) is 0 Å². The summed E-state index contributed by atoms with van der Waals surface area (Å²) in [5, 5.41) is 0.773. The zero-order valence-electron chi connectivity index (χ0n) is 17.5. The molecule has 0 amide bonds. The lowest BCUT2D eigenvalue weighted by Gasteiger charge is -2.25. The van der Waals surface area contributed by atoms with Crippen LogP contribution in [0.15, 0.2) is 47.4 Å². The Morgan fingerprint density at radius 3 is 2.34 bits per heavy atom. The third-order valence-corrected chi connectivity index (χ3v) is 5.02. The zero-order valence-corrected chi connectivity index (χ0v) is 17.5. The minimum absolute atomic E-state index is 0.0217. The highest BCUT2D eigenvalue weighted by Crippen LogP contribution is 2.44. The summed E-state index contributed by atoms with van der Waals surface area (Å²) in [5.74, 6) is -6.57. The van der Waals surface area contributed by atoms with E-state index in [2.05, 4.69) is 0 Å². The molecule has 0 spiro atoms. The molecule has 164 valence electrons. The smallest absolute Gasteiger partial charge is 0.343 e. The lowest BCUT2D eigenvalue weighted by molar-refractivity contribution is 0.0524. The van der Waals surface area contributed by atoms with Crippen LogP contribution in [0.3, 0.4) is 0 Å². The van der Waals surface area contributed by atoms with Crippen molar-refractivity contribution in [3.8, 4) is 17.2 Å². The van der Waals surface area contributed by atoms with E-state index in [1.807, 2.05) is 26.0 Å². The Bertz CT molecular complexity index is 1460. The Kier molecular flexibility index (Phi) is 5.38. The Morgan fingerprint density at radius 2 is 1.69 bits per heavy atom. The lowest BCUT2D eigenvalue weighted by atomic mass is 10.0. The molecule has 1 aliphatic heterocycles. The van der Waals surface area contributed by atoms with Crippen molar-refractivity contribution in [3.63, 3.8) is 0 Å². The van der Waals surface area contributed by atoms with Crippen molar-refractivity contribution < 1.29 is 27.4 Å². The van der Waals surface area contributed by atoms with Crippen molar-refractivity contribution in [2.45, 2.75) is 20.8 Å². The molecule has 1 aromatic heterocycles. The number of aromatic nitrogens is 1. The summed E-state index contributed by atoms with van der Waals surface area (Å²) in [6, 6.07) is 10.5. The van der Waals surface area contributed by atoms with Gasteiger partial charge in [-0.25, -0.2) is 13.6 Å². The van der Waals surface area contributed by atoms with Crippen LogP contribution in [0, 0.1) is 17.5 Å². The number of rotatable bonds is 2. The number of carbonyl (C=O) groups excluding carboxylic acids is 1. The van der Waals surface area contributed by atoms with Gasteiger partial charge < -0.3 is 14.0 Å². The van der Waals surface area contributed by atoms with E-state index in [1.54, 1.807) is 31.2 Å². The number of ether oxygens (including phenoxy) is 2. The van der Waals surface area contributed by atoms with E-state index in [1.165, 1.54) is 4.57 Å². The predicted octanol–water partition coefficient (Wildman–Crippen LogP) is 5.87. The molecule has 0 fully saturated rings. The number of carbonyl (C=O) groups is 1. The molecule has 4 aromatic rings. The highest BCUT2D eigenvalue weighted by Gasteiger charge is 2.32. The van der Waals surface area contributed by atoms with Gasteiger partial charge in [0, 0.05) is 6.20 Å². The second-order valence-electron chi connectivity index (χ2n) is 6.73. The van der Waals surface area contributed by atoms with Crippen molar-refractivity contribution in [1.82, 2.24) is 4.57 Å². The maximum absolute atomic E-state index is 14.7. The van der Waals surface area contributed by atoms with E-state index >= 15 is 0 Å². The van der Waals surface area contributed by atoms with Gasteiger partial charge in [0.15, 0.2) is 23.1 Å². The number of esters is 1. The summed E-state index contributed by atoms with van der Waals surface area (Å²) in [4.78, 5) is 25.1. The van der Waals surface area contributed by atoms with E-state index in [0.29, 0.717) is 5.69 Å². The summed E-state index contributed by atoms with van der Waals surface area (Å²) in [5.41, 5.74) is -1.57. The van der Waals surface area contributed by atoms with Gasteiger partial charge in [-0.05, 0) is 29.8 Å². The molecule has 0 bridgehead atoms. The summed E-state index contributed by atoms with van der Waals surface area (Å²) >= 11 is 0. The van der Waals surface area contributed by atoms with Crippen LogP contribution >= 0.6 is 0 Å². The highest BCUT2D eigenvalue weighted by molar-refractivity contribution is 5.98. The minimum Gasteiger partial charge on any atom is -0.462 e. The predicted molar refractivity (Wildman–Crippen MR) is 114 cm³/mol. The molecule has 8 heteroatoms. The van der Waals surface area contributed by atoms with Crippen LogP contribution in [0.5, 0.6) is 11.5 Å². The Hall–Kier alpha value is -3.81. The standard InChI is InChI=1S/C22H12F3NO4.C2H6/c1-2-29-22(28)12-9-26-13-7-10-5-3-4-6-11(10)8-14(13)30-21-18(25)17(24)16(23)15(19(21)26)20(12)27;1-2/h3-9H,2H2,1H3;1-2H3. The molecule has 0 N–H and O–H groups in total. The molecule has 2 heterocycles. The van der Waals surface area contributed by atoms with Crippen LogP contribution in [0.1, 0.15) is 31.1 Å². The first-order valence-electron chi connectivity index (χ1n) is 10.1. The number of pyridine rings is 1. The van der Waals surface area contributed by atoms with Gasteiger partial charge in [-0.2, -0.15) is 4.39 Å². The van der Waals surface area contributed by atoms with Crippen molar-refractivity contribution in [2.24, 2.45) is 0 Å². The molecule has 0 saturated heterocycles. The first kappa shape index (κ1) is 21.4. The molecule has 0 saturated carbocycles. The highest BCUT2D eigenvalue weighted by atomic mass is 19.2. The van der Waals surface area contributed by atoms with E-state index in [4.69, 9.17) is 9.47 Å². The summed E-state index contributed by atoms with van der Waals surface area (Å²) in [6.07, 6.45) is 1.14. The fraction of sp³-hybridized carbons (Fsp3) is 0.167. The average Bonchev–Trinajstić information content (AvgIpc) is 2.81. The summed E-state index contributed by atoms with van der Waals surface area (Å²) in [7, 11) is 0. The first-order chi connectivity index (χ1) is 15.4. The Balaban J connectivity index is 0.00000119. The molecular weight excluding hydrogens is 423 g/mol. The van der Waals surface area contributed by atoms with Crippen molar-refractivity contribution in [3.05, 3.63) is 75.8 Å². The molecule has 0 aliphatic carbocycles. The molecule has 0 unspecified atom stereocenters. The maximum Gasteiger partial charge on any atom is 0.343 e. The number of benzene rings is 3. The monoisotopic (exact) mass is 441 g/mol. The van der Waals surface area contributed by atoms with E-state index in [0.717, 1.165) is 17.0 Å². The topological polar surface area (TPSA) is 57.5 Å². The number of halogens is 3. The van der Waals surface area contributed by atoms with Gasteiger partial charge in [0.05, 0.1) is 17.7 Å². The van der Waals surface area contributed by atoms with E-state index < -0.39 is 45.5 Å². The van der Waals surface area contributed by atoms with Gasteiger partial charge >= 0.3 is 5.97 Å². The number of hydrogen-bond donors (Lipinski definition) is 0. The van der Waals surface area contributed by atoms with Gasteiger partial charge in [0.25, 0.3) is 0 Å². The van der Waals surface area contributed by atoms with Crippen LogP contribution in [0.2, 0.25) is 0 Å². The number of fused-ring (bicyclic) bond motifs is 3. The Labute approximate surface area is 180 Å². The molecular formula is C24H18F3NO4. The molecule has 1 aliphatic rings. The van der Waals surface area contributed by atoms with Crippen LogP contribution < -0.4 is 10.2 Å². The van der Waals surface area contributed by atoms with E-state index in [-0.39, 0.29) is 17.9 Å². The fourth-order valence-electron chi connectivity index (χ4n) is 3.68. The molecule has 5 nitrogen and oxygen atoms in total. The maximum atomic E-state index is 14.7. The Morgan fingerprint density at radius 1 is 1.03 bits per heavy atom. The molecule has 3 aromatic carbocycles. The van der Waals surface area contributed by atoms with Crippen LogP contribution in [-0.4, -0.2) is 17.1 Å². The molecule has 0 radical (unpaired) electrons. The van der Waals surface area contributed by atoms with Gasteiger partial charge in [0.1, 0.15) is 11.1 Å². The number of nitrogens with zero attached hydrogens (tertiary/aromatic N) is 1. The fourth-order valence-corrected chi connectivity index (χ4v) is 3.68. The molecule has 0 atom stereocenters. The lowest BCUT2D eigenvalue weighted by Crippen LogP contribution is -2.24. The summed E-state index contributed by atoms with van der Waals surface area (Å²) in [6.45, 7) is 5.52. The van der Waals surface area contributed by atoms with Gasteiger partial charge in [0.2, 0.25) is 11.2 Å². The summed E-state index contributed by atoms with van der Waals surface area (Å²) < 4.78 is 55.2. The van der Waals surface area contributed by atoms with Crippen LogP contribution in [-0.2, 0) is 4.74 Å².